The van der Waals surface area contributed by atoms with Crippen molar-refractivity contribution in [3.63, 3.8) is 0 Å². The number of hydrazone groups is 1. The standard InChI is InChI=1S/C28H26N6O/c1-32(2)24-13-11-23(12-14-24)27-18-26(22-9-15-25(16-10-22)33-20-29-19-30-33)31-34(27)28(35)17-8-21-6-4-3-5-7-21/h3-17,19-20,27H,18H2,1-2H3/b17-8+. The van der Waals surface area contributed by atoms with Gasteiger partial charge in [-0.15, -0.1) is 0 Å². The molecule has 4 aromatic rings. The molecule has 35 heavy (non-hydrogen) atoms. The van der Waals surface area contributed by atoms with Crippen LogP contribution in [0, 0.1) is 0 Å². The lowest BCUT2D eigenvalue weighted by molar-refractivity contribution is -0.127. The molecule has 7 nitrogen and oxygen atoms in total. The molecule has 3 aromatic carbocycles. The van der Waals surface area contributed by atoms with E-state index in [1.165, 1.54) is 6.33 Å². The van der Waals surface area contributed by atoms with Gasteiger partial charge in [-0.05, 0) is 47.0 Å². The number of benzene rings is 3. The third-order valence-electron chi connectivity index (χ3n) is 6.03. The highest BCUT2D eigenvalue weighted by molar-refractivity contribution is 6.04. The van der Waals surface area contributed by atoms with Crippen molar-refractivity contribution in [3.05, 3.63) is 114 Å². The zero-order valence-electron chi connectivity index (χ0n) is 19.7. The number of anilines is 1. The number of hydrogen-bond donors (Lipinski definition) is 0. The SMILES string of the molecule is CN(C)c1ccc(C2CC(c3ccc(-n4cncn4)cc3)=NN2C(=O)/C=C/c2ccccc2)cc1. The molecule has 0 saturated carbocycles. The van der Waals surface area contributed by atoms with Crippen molar-refractivity contribution in [2.24, 2.45) is 5.10 Å². The number of carbonyl (C=O) groups excluding carboxylic acids is 1. The van der Waals surface area contributed by atoms with E-state index in [9.17, 15) is 4.79 Å². The minimum Gasteiger partial charge on any atom is -0.378 e. The summed E-state index contributed by atoms with van der Waals surface area (Å²) in [6, 6.07) is 25.9. The summed E-state index contributed by atoms with van der Waals surface area (Å²) in [4.78, 5) is 19.3. The van der Waals surface area contributed by atoms with Crippen LogP contribution < -0.4 is 4.90 Å². The van der Waals surface area contributed by atoms with Gasteiger partial charge < -0.3 is 4.90 Å². The molecule has 5 rings (SSSR count). The zero-order valence-corrected chi connectivity index (χ0v) is 19.7. The van der Waals surface area contributed by atoms with Crippen molar-refractivity contribution < 1.29 is 4.79 Å². The average molecular weight is 463 g/mol. The van der Waals surface area contributed by atoms with E-state index in [-0.39, 0.29) is 11.9 Å². The third kappa shape index (κ3) is 4.89. The van der Waals surface area contributed by atoms with Gasteiger partial charge in [0.2, 0.25) is 0 Å². The summed E-state index contributed by atoms with van der Waals surface area (Å²) in [5.41, 5.74) is 5.90. The van der Waals surface area contributed by atoms with Crippen LogP contribution in [-0.2, 0) is 4.79 Å². The minimum atomic E-state index is -0.177. The van der Waals surface area contributed by atoms with Gasteiger partial charge in [-0.25, -0.2) is 14.7 Å². The molecule has 0 bridgehead atoms. The molecule has 0 aliphatic carbocycles. The average Bonchev–Trinajstić information content (AvgIpc) is 3.59. The predicted molar refractivity (Wildman–Crippen MR) is 138 cm³/mol. The highest BCUT2D eigenvalue weighted by Crippen LogP contribution is 2.34. The van der Waals surface area contributed by atoms with Crippen LogP contribution in [-0.4, -0.2) is 45.5 Å². The Balaban J connectivity index is 1.44. The second-order valence-corrected chi connectivity index (χ2v) is 8.57. The van der Waals surface area contributed by atoms with Gasteiger partial charge in [-0.2, -0.15) is 10.2 Å². The van der Waals surface area contributed by atoms with E-state index in [4.69, 9.17) is 5.10 Å². The topological polar surface area (TPSA) is 66.6 Å². The Morgan fingerprint density at radius 3 is 2.37 bits per heavy atom. The van der Waals surface area contributed by atoms with Crippen LogP contribution in [0.2, 0.25) is 0 Å². The molecule has 0 spiro atoms. The van der Waals surface area contributed by atoms with Gasteiger partial charge in [-0.3, -0.25) is 4.79 Å². The van der Waals surface area contributed by atoms with Crippen LogP contribution >= 0.6 is 0 Å². The molecular formula is C28H26N6O. The van der Waals surface area contributed by atoms with E-state index >= 15 is 0 Å². The molecule has 1 aromatic heterocycles. The fourth-order valence-electron chi connectivity index (χ4n) is 4.10. The number of hydrogen-bond acceptors (Lipinski definition) is 5. The number of nitrogens with zero attached hydrogens (tertiary/aromatic N) is 6. The van der Waals surface area contributed by atoms with Gasteiger partial charge in [0, 0.05) is 32.3 Å². The Morgan fingerprint density at radius 2 is 1.71 bits per heavy atom. The Bertz CT molecular complexity index is 1340. The fraction of sp³-hybridized carbons (Fsp3) is 0.143. The van der Waals surface area contributed by atoms with E-state index in [0.29, 0.717) is 6.42 Å². The summed E-state index contributed by atoms with van der Waals surface area (Å²) in [6.07, 6.45) is 7.23. The first kappa shape index (κ1) is 22.3. The van der Waals surface area contributed by atoms with Gasteiger partial charge >= 0.3 is 0 Å². The normalized spacial score (nSPS) is 15.4. The summed E-state index contributed by atoms with van der Waals surface area (Å²) >= 11 is 0. The maximum atomic E-state index is 13.3. The number of rotatable bonds is 6. The van der Waals surface area contributed by atoms with Crippen LogP contribution in [0.1, 0.15) is 29.2 Å². The lowest BCUT2D eigenvalue weighted by Gasteiger charge is -2.22. The lowest BCUT2D eigenvalue weighted by atomic mass is 9.98. The number of amides is 1. The molecular weight excluding hydrogens is 436 g/mol. The Morgan fingerprint density at radius 1 is 0.971 bits per heavy atom. The highest BCUT2D eigenvalue weighted by atomic mass is 16.2. The summed E-state index contributed by atoms with van der Waals surface area (Å²) in [5, 5.41) is 10.6. The van der Waals surface area contributed by atoms with E-state index in [1.54, 1.807) is 22.1 Å². The minimum absolute atomic E-state index is 0.148. The quantitative estimate of drug-likeness (QED) is 0.389. The first-order valence-electron chi connectivity index (χ1n) is 11.4. The van der Waals surface area contributed by atoms with Crippen molar-refractivity contribution in [1.29, 1.82) is 0 Å². The second kappa shape index (κ2) is 9.77. The van der Waals surface area contributed by atoms with E-state index in [1.807, 2.05) is 74.8 Å². The molecule has 0 fully saturated rings. The molecule has 1 amide bonds. The van der Waals surface area contributed by atoms with Crippen LogP contribution in [0.5, 0.6) is 0 Å². The van der Waals surface area contributed by atoms with Crippen molar-refractivity contribution in [3.8, 4) is 5.69 Å². The first-order chi connectivity index (χ1) is 17.1. The maximum Gasteiger partial charge on any atom is 0.267 e. The number of aromatic nitrogens is 3. The first-order valence-corrected chi connectivity index (χ1v) is 11.4. The van der Waals surface area contributed by atoms with Gasteiger partial charge in [0.1, 0.15) is 12.7 Å². The monoisotopic (exact) mass is 462 g/mol. The zero-order chi connectivity index (χ0) is 24.2. The lowest BCUT2D eigenvalue weighted by Crippen LogP contribution is -2.25. The molecule has 1 atom stereocenters. The smallest absolute Gasteiger partial charge is 0.267 e. The van der Waals surface area contributed by atoms with Crippen molar-refractivity contribution >= 4 is 23.4 Å². The fourth-order valence-corrected chi connectivity index (χ4v) is 4.10. The Labute approximate surface area is 204 Å². The summed E-state index contributed by atoms with van der Waals surface area (Å²) in [6.45, 7) is 0. The van der Waals surface area contributed by atoms with Crippen LogP contribution in [0.3, 0.4) is 0 Å². The van der Waals surface area contributed by atoms with Crippen molar-refractivity contribution in [2.45, 2.75) is 12.5 Å². The molecule has 1 unspecified atom stereocenters. The maximum absolute atomic E-state index is 13.3. The highest BCUT2D eigenvalue weighted by Gasteiger charge is 2.32. The predicted octanol–water partition coefficient (Wildman–Crippen LogP) is 4.72. The van der Waals surface area contributed by atoms with Gasteiger partial charge in [0.05, 0.1) is 17.4 Å². The molecule has 0 radical (unpaired) electrons. The van der Waals surface area contributed by atoms with Gasteiger partial charge in [0.15, 0.2) is 0 Å². The Hall–Kier alpha value is -4.52. The van der Waals surface area contributed by atoms with Crippen LogP contribution in [0.25, 0.3) is 11.8 Å². The van der Waals surface area contributed by atoms with E-state index < -0.39 is 0 Å². The Kier molecular flexibility index (Phi) is 6.22. The van der Waals surface area contributed by atoms with E-state index in [2.05, 4.69) is 39.2 Å². The largest absolute Gasteiger partial charge is 0.378 e. The molecule has 1 aliphatic heterocycles. The molecule has 0 N–H and O–H groups in total. The van der Waals surface area contributed by atoms with Crippen LogP contribution in [0.15, 0.2) is 103 Å². The third-order valence-corrected chi connectivity index (χ3v) is 6.03. The summed E-state index contributed by atoms with van der Waals surface area (Å²) in [7, 11) is 4.03. The van der Waals surface area contributed by atoms with Crippen LogP contribution in [0.4, 0.5) is 5.69 Å². The molecule has 7 heteroatoms. The van der Waals surface area contributed by atoms with Crippen molar-refractivity contribution in [2.75, 3.05) is 19.0 Å². The molecule has 1 aliphatic rings. The van der Waals surface area contributed by atoms with Gasteiger partial charge in [0.25, 0.3) is 5.91 Å². The molecule has 0 saturated heterocycles. The second-order valence-electron chi connectivity index (χ2n) is 8.57. The van der Waals surface area contributed by atoms with Crippen molar-refractivity contribution in [1.82, 2.24) is 19.8 Å². The summed E-state index contributed by atoms with van der Waals surface area (Å²) in [5.74, 6) is -0.148. The number of carbonyl (C=O) groups is 1. The van der Waals surface area contributed by atoms with E-state index in [0.717, 1.165) is 33.8 Å². The van der Waals surface area contributed by atoms with Gasteiger partial charge in [-0.1, -0.05) is 54.6 Å². The summed E-state index contributed by atoms with van der Waals surface area (Å²) < 4.78 is 1.71. The molecule has 2 heterocycles. The molecule has 174 valence electrons.